The molecule has 3 saturated heterocycles. The molecule has 188 valence electrons. The number of rotatable bonds is 6. The number of likely N-dealkylation sites (tertiary alicyclic amines) is 2. The second-order valence-electron chi connectivity index (χ2n) is 10.6. The Bertz CT molecular complexity index is 1030. The van der Waals surface area contributed by atoms with Gasteiger partial charge in [0.1, 0.15) is 0 Å². The predicted octanol–water partition coefficient (Wildman–Crippen LogP) is 3.25. The molecule has 8 heteroatoms. The van der Waals surface area contributed by atoms with Gasteiger partial charge in [0, 0.05) is 65.1 Å². The topological polar surface area (TPSA) is 57.1 Å². The van der Waals surface area contributed by atoms with Crippen LogP contribution in [-0.4, -0.2) is 90.0 Å². The van der Waals surface area contributed by atoms with Gasteiger partial charge in [-0.15, -0.1) is 0 Å². The van der Waals surface area contributed by atoms with Crippen LogP contribution in [0.3, 0.4) is 0 Å². The summed E-state index contributed by atoms with van der Waals surface area (Å²) in [5, 5.41) is 4.29. The van der Waals surface area contributed by atoms with Crippen molar-refractivity contribution < 1.29 is 9.53 Å². The molecule has 3 fully saturated rings. The Morgan fingerprint density at radius 1 is 1.03 bits per heavy atom. The first-order valence-electron chi connectivity index (χ1n) is 12.7. The molecular weight excluding hydrogens is 440 g/mol. The normalized spacial score (nSPS) is 20.6. The minimum absolute atomic E-state index is 0.0328. The van der Waals surface area contributed by atoms with E-state index < -0.39 is 0 Å². The van der Waals surface area contributed by atoms with Gasteiger partial charge >= 0.3 is 6.03 Å². The van der Waals surface area contributed by atoms with Crippen molar-refractivity contribution in [2.24, 2.45) is 5.41 Å². The average Bonchev–Trinajstić information content (AvgIpc) is 3.34. The van der Waals surface area contributed by atoms with Crippen LogP contribution in [0.15, 0.2) is 48.9 Å². The summed E-state index contributed by atoms with van der Waals surface area (Å²) >= 11 is 0. The maximum Gasteiger partial charge on any atom is 0.344 e. The van der Waals surface area contributed by atoms with Crippen LogP contribution in [0.5, 0.6) is 0 Å². The summed E-state index contributed by atoms with van der Waals surface area (Å²) in [5.41, 5.74) is 4.91. The molecule has 0 saturated carbocycles. The van der Waals surface area contributed by atoms with Crippen LogP contribution in [-0.2, 0) is 17.8 Å². The summed E-state index contributed by atoms with van der Waals surface area (Å²) < 4.78 is 6.91. The van der Waals surface area contributed by atoms with Crippen molar-refractivity contribution in [1.29, 1.82) is 0 Å². The molecule has 0 radical (unpaired) electrons. The van der Waals surface area contributed by atoms with E-state index in [4.69, 9.17) is 4.74 Å². The molecule has 3 aliphatic heterocycles. The zero-order chi connectivity index (χ0) is 24.4. The number of hydrogen-bond acceptors (Lipinski definition) is 6. The lowest BCUT2D eigenvalue weighted by atomic mass is 9.72. The Hall–Kier alpha value is -2.68. The molecule has 0 unspecified atom stereocenters. The molecule has 0 N–H and O–H groups in total. The third-order valence-electron chi connectivity index (χ3n) is 7.88. The van der Waals surface area contributed by atoms with Gasteiger partial charge in [0.05, 0.1) is 31.3 Å². The van der Waals surface area contributed by atoms with E-state index in [2.05, 4.69) is 45.7 Å². The third-order valence-corrected chi connectivity index (χ3v) is 7.88. The number of carbonyl (C=O) groups is 1. The van der Waals surface area contributed by atoms with E-state index in [0.29, 0.717) is 5.41 Å². The fourth-order valence-corrected chi connectivity index (χ4v) is 5.48. The first kappa shape index (κ1) is 24.0. The standard InChI is InChI=1S/C27H38N6O2/c1-22(2)29(3)25-16-28-33(19-25)26(34)32-10-8-27(9-11-32)20-31(21-27)18-24-6-4-23(5-7-24)17-30-12-14-35-15-13-30/h4-7,16,19H,1,8-15,17-18,20-21H2,2-3H3. The van der Waals surface area contributed by atoms with Crippen molar-refractivity contribution in [2.75, 3.05) is 64.4 Å². The molecule has 2 aromatic rings. The van der Waals surface area contributed by atoms with E-state index in [1.54, 1.807) is 12.4 Å². The van der Waals surface area contributed by atoms with Crippen molar-refractivity contribution in [1.82, 2.24) is 24.5 Å². The van der Waals surface area contributed by atoms with Gasteiger partial charge in [-0.2, -0.15) is 9.78 Å². The maximum atomic E-state index is 12.9. The first-order chi connectivity index (χ1) is 16.9. The Kier molecular flexibility index (Phi) is 6.95. The number of carbonyl (C=O) groups excluding carboxylic acids is 1. The molecule has 1 aromatic carbocycles. The fourth-order valence-electron chi connectivity index (χ4n) is 5.48. The van der Waals surface area contributed by atoms with Crippen LogP contribution in [0.25, 0.3) is 0 Å². The summed E-state index contributed by atoms with van der Waals surface area (Å²) in [4.78, 5) is 21.8. The minimum Gasteiger partial charge on any atom is -0.379 e. The number of aromatic nitrogens is 2. The molecule has 1 spiro atoms. The maximum absolute atomic E-state index is 12.9. The second kappa shape index (κ2) is 10.1. The Morgan fingerprint density at radius 3 is 2.23 bits per heavy atom. The van der Waals surface area contributed by atoms with Crippen LogP contribution < -0.4 is 4.90 Å². The minimum atomic E-state index is -0.0328. The number of amides is 1. The second-order valence-corrected chi connectivity index (χ2v) is 10.6. The Balaban J connectivity index is 1.07. The molecule has 1 amide bonds. The number of anilines is 1. The van der Waals surface area contributed by atoms with Crippen molar-refractivity contribution in [2.45, 2.75) is 32.9 Å². The number of benzene rings is 1. The van der Waals surface area contributed by atoms with Gasteiger partial charge < -0.3 is 14.5 Å². The van der Waals surface area contributed by atoms with Gasteiger partial charge in [0.2, 0.25) is 0 Å². The van der Waals surface area contributed by atoms with E-state index in [1.165, 1.54) is 15.8 Å². The number of morpholine rings is 1. The molecule has 0 atom stereocenters. The van der Waals surface area contributed by atoms with Gasteiger partial charge in [0.25, 0.3) is 0 Å². The lowest BCUT2D eigenvalue weighted by Crippen LogP contribution is -2.60. The fraction of sp³-hybridized carbons (Fsp3) is 0.556. The van der Waals surface area contributed by atoms with Gasteiger partial charge in [-0.3, -0.25) is 9.80 Å². The molecule has 35 heavy (non-hydrogen) atoms. The van der Waals surface area contributed by atoms with Gasteiger partial charge in [-0.1, -0.05) is 30.8 Å². The van der Waals surface area contributed by atoms with Crippen LogP contribution in [0, 0.1) is 5.41 Å². The van der Waals surface area contributed by atoms with Crippen molar-refractivity contribution in [3.05, 3.63) is 60.1 Å². The highest BCUT2D eigenvalue weighted by molar-refractivity contribution is 5.77. The summed E-state index contributed by atoms with van der Waals surface area (Å²) in [6.45, 7) is 15.5. The lowest BCUT2D eigenvalue weighted by Gasteiger charge is -2.54. The van der Waals surface area contributed by atoms with E-state index in [1.807, 2.05) is 23.8 Å². The highest BCUT2D eigenvalue weighted by Gasteiger charge is 2.45. The average molecular weight is 479 g/mol. The van der Waals surface area contributed by atoms with E-state index >= 15 is 0 Å². The SMILES string of the molecule is C=C(C)N(C)c1cnn(C(=O)N2CCC3(CC2)CN(Cc2ccc(CN4CCOCC4)cc2)C3)c1. The number of hydrogen-bond donors (Lipinski definition) is 0. The molecule has 4 heterocycles. The summed E-state index contributed by atoms with van der Waals surface area (Å²) in [6, 6.07) is 9.09. The monoisotopic (exact) mass is 478 g/mol. The third kappa shape index (κ3) is 5.44. The molecule has 5 rings (SSSR count). The predicted molar refractivity (Wildman–Crippen MR) is 137 cm³/mol. The molecular formula is C27H38N6O2. The number of nitrogens with zero attached hydrogens (tertiary/aromatic N) is 6. The van der Waals surface area contributed by atoms with Gasteiger partial charge in [-0.05, 0) is 36.3 Å². The molecule has 3 aliphatic rings. The van der Waals surface area contributed by atoms with Crippen LogP contribution in [0.4, 0.5) is 10.5 Å². The molecule has 0 bridgehead atoms. The quantitative estimate of drug-likeness (QED) is 0.635. The Morgan fingerprint density at radius 2 is 1.63 bits per heavy atom. The molecule has 0 aliphatic carbocycles. The van der Waals surface area contributed by atoms with Crippen LogP contribution in [0.1, 0.15) is 30.9 Å². The summed E-state index contributed by atoms with van der Waals surface area (Å²) in [6.07, 6.45) is 5.64. The lowest BCUT2D eigenvalue weighted by molar-refractivity contribution is -0.0443. The van der Waals surface area contributed by atoms with Crippen molar-refractivity contribution in [3.63, 3.8) is 0 Å². The van der Waals surface area contributed by atoms with Crippen molar-refractivity contribution in [3.8, 4) is 0 Å². The summed E-state index contributed by atoms with van der Waals surface area (Å²) in [7, 11) is 1.93. The van der Waals surface area contributed by atoms with Crippen molar-refractivity contribution >= 4 is 11.7 Å². The first-order valence-corrected chi connectivity index (χ1v) is 12.7. The van der Waals surface area contributed by atoms with Crippen LogP contribution >= 0.6 is 0 Å². The smallest absolute Gasteiger partial charge is 0.344 e. The highest BCUT2D eigenvalue weighted by Crippen LogP contribution is 2.41. The van der Waals surface area contributed by atoms with Crippen LogP contribution in [0.2, 0.25) is 0 Å². The number of ether oxygens (including phenoxy) is 1. The zero-order valence-corrected chi connectivity index (χ0v) is 21.2. The van der Waals surface area contributed by atoms with Gasteiger partial charge in [0.15, 0.2) is 0 Å². The van der Waals surface area contributed by atoms with E-state index in [9.17, 15) is 4.79 Å². The largest absolute Gasteiger partial charge is 0.379 e. The van der Waals surface area contributed by atoms with E-state index in [-0.39, 0.29) is 6.03 Å². The zero-order valence-electron chi connectivity index (χ0n) is 21.2. The molecule has 8 nitrogen and oxygen atoms in total. The Labute approximate surface area is 208 Å². The number of allylic oxidation sites excluding steroid dienone is 1. The van der Waals surface area contributed by atoms with E-state index in [0.717, 1.165) is 89.8 Å². The molecule has 1 aromatic heterocycles. The highest BCUT2D eigenvalue weighted by atomic mass is 16.5. The summed E-state index contributed by atoms with van der Waals surface area (Å²) in [5.74, 6) is 0. The van der Waals surface area contributed by atoms with Gasteiger partial charge in [-0.25, -0.2) is 4.79 Å². The number of piperidine rings is 1.